The van der Waals surface area contributed by atoms with Crippen molar-refractivity contribution in [3.63, 3.8) is 0 Å². The van der Waals surface area contributed by atoms with Gasteiger partial charge in [-0.25, -0.2) is 4.79 Å². The van der Waals surface area contributed by atoms with Crippen molar-refractivity contribution in [2.45, 2.75) is 26.9 Å². The molecule has 116 valence electrons. The van der Waals surface area contributed by atoms with Crippen LogP contribution in [-0.2, 0) is 11.3 Å². The van der Waals surface area contributed by atoms with Gasteiger partial charge in [0.25, 0.3) is 0 Å². The fraction of sp³-hybridized carbons (Fsp3) is 0.278. The third-order valence-corrected chi connectivity index (χ3v) is 3.33. The predicted octanol–water partition coefficient (Wildman–Crippen LogP) is 3.72. The Labute approximate surface area is 130 Å². The highest BCUT2D eigenvalue weighted by molar-refractivity contribution is 5.91. The Morgan fingerprint density at radius 2 is 1.95 bits per heavy atom. The average molecular weight is 299 g/mol. The lowest BCUT2D eigenvalue weighted by atomic mass is 10.1. The van der Waals surface area contributed by atoms with Gasteiger partial charge in [-0.2, -0.15) is 0 Å². The van der Waals surface area contributed by atoms with Gasteiger partial charge in [0.15, 0.2) is 0 Å². The number of ether oxygens (including phenoxy) is 2. The summed E-state index contributed by atoms with van der Waals surface area (Å²) in [5.41, 5.74) is 9.10. The second-order valence-corrected chi connectivity index (χ2v) is 5.10. The van der Waals surface area contributed by atoms with Gasteiger partial charge in [-0.05, 0) is 42.7 Å². The van der Waals surface area contributed by atoms with E-state index in [2.05, 4.69) is 0 Å². The lowest BCUT2D eigenvalue weighted by molar-refractivity contribution is 0.0505. The zero-order valence-corrected chi connectivity index (χ0v) is 13.0. The van der Waals surface area contributed by atoms with Crippen molar-refractivity contribution in [3.05, 3.63) is 59.2 Å². The molecule has 2 rings (SSSR count). The summed E-state index contributed by atoms with van der Waals surface area (Å²) in [6.07, 6.45) is 0.791. The van der Waals surface area contributed by atoms with Crippen LogP contribution in [-0.4, -0.2) is 12.6 Å². The maximum absolute atomic E-state index is 11.8. The molecule has 0 aromatic heterocycles. The highest BCUT2D eigenvalue weighted by atomic mass is 16.5. The third kappa shape index (κ3) is 4.01. The van der Waals surface area contributed by atoms with Crippen LogP contribution in [0.15, 0.2) is 42.5 Å². The molecule has 22 heavy (non-hydrogen) atoms. The van der Waals surface area contributed by atoms with Crippen LogP contribution >= 0.6 is 0 Å². The highest BCUT2D eigenvalue weighted by Crippen LogP contribution is 2.24. The molecule has 0 aliphatic rings. The van der Waals surface area contributed by atoms with Gasteiger partial charge in [-0.3, -0.25) is 0 Å². The first-order valence-corrected chi connectivity index (χ1v) is 7.35. The van der Waals surface area contributed by atoms with Crippen molar-refractivity contribution < 1.29 is 14.3 Å². The maximum Gasteiger partial charge on any atom is 0.338 e. The molecule has 0 radical (unpaired) electrons. The molecule has 0 saturated heterocycles. The van der Waals surface area contributed by atoms with Crippen molar-refractivity contribution in [2.24, 2.45) is 0 Å². The van der Waals surface area contributed by atoms with Crippen LogP contribution in [0.3, 0.4) is 0 Å². The van der Waals surface area contributed by atoms with E-state index in [1.807, 2.05) is 38.1 Å². The highest BCUT2D eigenvalue weighted by Gasteiger charge is 2.10. The molecule has 0 spiro atoms. The summed E-state index contributed by atoms with van der Waals surface area (Å²) in [6, 6.07) is 13.0. The number of nitrogen functional groups attached to an aromatic ring is 1. The summed E-state index contributed by atoms with van der Waals surface area (Å²) < 4.78 is 10.8. The van der Waals surface area contributed by atoms with Gasteiger partial charge < -0.3 is 15.2 Å². The fourth-order valence-corrected chi connectivity index (χ4v) is 2.01. The minimum Gasteiger partial charge on any atom is -0.487 e. The summed E-state index contributed by atoms with van der Waals surface area (Å²) in [5.74, 6) is 0.203. The van der Waals surface area contributed by atoms with Crippen molar-refractivity contribution in [1.82, 2.24) is 0 Å². The Bertz CT molecular complexity index is 653. The number of hydrogen-bond donors (Lipinski definition) is 1. The number of aryl methyl sites for hydroxylation is 1. The van der Waals surface area contributed by atoms with E-state index in [4.69, 9.17) is 15.2 Å². The smallest absolute Gasteiger partial charge is 0.338 e. The molecular weight excluding hydrogens is 278 g/mol. The number of anilines is 1. The van der Waals surface area contributed by atoms with Gasteiger partial charge in [-0.1, -0.05) is 31.2 Å². The van der Waals surface area contributed by atoms with E-state index in [-0.39, 0.29) is 5.97 Å². The quantitative estimate of drug-likeness (QED) is 0.652. The van der Waals surface area contributed by atoms with Crippen molar-refractivity contribution in [2.75, 3.05) is 12.3 Å². The zero-order chi connectivity index (χ0) is 15.9. The van der Waals surface area contributed by atoms with Crippen molar-refractivity contribution in [1.29, 1.82) is 0 Å². The topological polar surface area (TPSA) is 61.5 Å². The molecule has 0 heterocycles. The van der Waals surface area contributed by atoms with Gasteiger partial charge >= 0.3 is 5.97 Å². The maximum atomic E-state index is 11.8. The summed E-state index contributed by atoms with van der Waals surface area (Å²) in [7, 11) is 0. The molecule has 0 atom stereocenters. The lowest BCUT2D eigenvalue weighted by Gasteiger charge is -2.11. The van der Waals surface area contributed by atoms with Gasteiger partial charge in [0, 0.05) is 0 Å². The molecule has 0 fully saturated rings. The van der Waals surface area contributed by atoms with Gasteiger partial charge in [0.2, 0.25) is 0 Å². The molecule has 0 aliphatic heterocycles. The standard InChI is InChI=1S/C18H21NO3/c1-3-10-21-18(20)14-8-9-17(16(19)11-14)22-12-15-7-5-4-6-13(15)2/h4-9,11H,3,10,12,19H2,1-2H3. The number of carbonyl (C=O) groups is 1. The molecular formula is C18H21NO3. The zero-order valence-electron chi connectivity index (χ0n) is 13.0. The normalized spacial score (nSPS) is 10.3. The Morgan fingerprint density at radius 1 is 1.18 bits per heavy atom. The molecule has 2 N–H and O–H groups in total. The van der Waals surface area contributed by atoms with E-state index >= 15 is 0 Å². The van der Waals surface area contributed by atoms with E-state index < -0.39 is 0 Å². The Morgan fingerprint density at radius 3 is 2.64 bits per heavy atom. The van der Waals surface area contributed by atoms with Gasteiger partial charge in [-0.15, -0.1) is 0 Å². The van der Waals surface area contributed by atoms with Gasteiger partial charge in [0.05, 0.1) is 17.9 Å². The van der Waals surface area contributed by atoms with E-state index in [1.54, 1.807) is 18.2 Å². The first-order chi connectivity index (χ1) is 10.6. The second kappa shape index (κ2) is 7.50. The molecule has 4 heteroatoms. The summed E-state index contributed by atoms with van der Waals surface area (Å²) in [5, 5.41) is 0. The van der Waals surface area contributed by atoms with Crippen LogP contribution in [0.1, 0.15) is 34.8 Å². The number of carbonyl (C=O) groups excluding carboxylic acids is 1. The van der Waals surface area contributed by atoms with Crippen molar-refractivity contribution in [3.8, 4) is 5.75 Å². The number of nitrogens with two attached hydrogens (primary N) is 1. The van der Waals surface area contributed by atoms with Gasteiger partial charge in [0.1, 0.15) is 12.4 Å². The number of esters is 1. The molecule has 4 nitrogen and oxygen atoms in total. The van der Waals surface area contributed by atoms with Crippen LogP contribution < -0.4 is 10.5 Å². The van der Waals surface area contributed by atoms with E-state index in [0.717, 1.165) is 12.0 Å². The molecule has 0 unspecified atom stereocenters. The van der Waals surface area contributed by atoms with E-state index in [1.165, 1.54) is 5.56 Å². The average Bonchev–Trinajstić information content (AvgIpc) is 2.52. The Hall–Kier alpha value is -2.49. The minimum atomic E-state index is -0.362. The molecule has 0 saturated carbocycles. The van der Waals surface area contributed by atoms with Crippen LogP contribution in [0.25, 0.3) is 0 Å². The van der Waals surface area contributed by atoms with Crippen molar-refractivity contribution >= 4 is 11.7 Å². The minimum absolute atomic E-state index is 0.362. The predicted molar refractivity (Wildman–Crippen MR) is 86.9 cm³/mol. The number of hydrogen-bond acceptors (Lipinski definition) is 4. The molecule has 2 aromatic rings. The van der Waals surface area contributed by atoms with Crippen LogP contribution in [0.4, 0.5) is 5.69 Å². The summed E-state index contributed by atoms with van der Waals surface area (Å²) in [6.45, 7) is 4.83. The lowest BCUT2D eigenvalue weighted by Crippen LogP contribution is -2.07. The SMILES string of the molecule is CCCOC(=O)c1ccc(OCc2ccccc2C)c(N)c1. The molecule has 0 bridgehead atoms. The van der Waals surface area contributed by atoms with Crippen LogP contribution in [0.5, 0.6) is 5.75 Å². The molecule has 0 aliphatic carbocycles. The third-order valence-electron chi connectivity index (χ3n) is 3.33. The number of rotatable bonds is 6. The molecule has 2 aromatic carbocycles. The first kappa shape index (κ1) is 15.9. The van der Waals surface area contributed by atoms with E-state index in [0.29, 0.717) is 30.2 Å². The second-order valence-electron chi connectivity index (χ2n) is 5.10. The van der Waals surface area contributed by atoms with Crippen LogP contribution in [0, 0.1) is 6.92 Å². The summed E-state index contributed by atoms with van der Waals surface area (Å²) >= 11 is 0. The van der Waals surface area contributed by atoms with E-state index in [9.17, 15) is 4.79 Å². The summed E-state index contributed by atoms with van der Waals surface area (Å²) in [4.78, 5) is 11.8. The first-order valence-electron chi connectivity index (χ1n) is 7.35. The monoisotopic (exact) mass is 299 g/mol. The number of benzene rings is 2. The largest absolute Gasteiger partial charge is 0.487 e. The Balaban J connectivity index is 2.04. The van der Waals surface area contributed by atoms with Crippen LogP contribution in [0.2, 0.25) is 0 Å². The Kier molecular flexibility index (Phi) is 5.42. The molecule has 0 amide bonds. The fourth-order valence-electron chi connectivity index (χ4n) is 2.01.